The number of rotatable bonds is 14. The molecule has 0 saturated carbocycles. The zero-order valence-corrected chi connectivity index (χ0v) is 20.1. The van der Waals surface area contributed by atoms with Crippen LogP contribution in [0.1, 0.15) is 26.7 Å². The largest absolute Gasteiger partial charge is 0.481 e. The van der Waals surface area contributed by atoms with Crippen LogP contribution < -0.4 is 0 Å². The van der Waals surface area contributed by atoms with Crippen molar-refractivity contribution in [3.63, 3.8) is 0 Å². The third kappa shape index (κ3) is 9.72. The molecule has 4 atom stereocenters. The lowest BCUT2D eigenvalue weighted by molar-refractivity contribution is -0.161. The highest BCUT2D eigenvalue weighted by atomic mass is 16.6. The van der Waals surface area contributed by atoms with Crippen molar-refractivity contribution in [2.24, 2.45) is 23.7 Å². The lowest BCUT2D eigenvalue weighted by atomic mass is 9.73. The fraction of sp³-hybridized carbons (Fsp3) is 0.500. The predicted octanol–water partition coefficient (Wildman–Crippen LogP) is 1.30. The fourth-order valence-corrected chi connectivity index (χ4v) is 3.31. The molecule has 4 unspecified atom stereocenters. The summed E-state index contributed by atoms with van der Waals surface area (Å²) in [5.74, 6) is -10.4. The van der Waals surface area contributed by atoms with Crippen LogP contribution in [0, 0.1) is 23.7 Å². The minimum Gasteiger partial charge on any atom is -0.481 e. The first-order valence-electron chi connectivity index (χ1n) is 11.0. The Hall–Kier alpha value is -3.96. The number of carboxylic acid groups (broad SMARTS) is 2. The number of allylic oxidation sites excluding steroid dienone is 1. The second-order valence-corrected chi connectivity index (χ2v) is 8.13. The topological polar surface area (TPSA) is 180 Å². The SMILES string of the molecule is C=C(C)C(=O)OCCOC(=O)C1C=CC(C(CC(=O)O)C(=O)OCCOC(=O)C(=C)C)CC1C(=O)O. The van der Waals surface area contributed by atoms with Crippen LogP contribution in [0.4, 0.5) is 0 Å². The van der Waals surface area contributed by atoms with E-state index in [1.54, 1.807) is 0 Å². The molecule has 0 bridgehead atoms. The summed E-state index contributed by atoms with van der Waals surface area (Å²) in [7, 11) is 0. The first kappa shape index (κ1) is 30.1. The lowest BCUT2D eigenvalue weighted by Gasteiger charge is -2.31. The highest BCUT2D eigenvalue weighted by molar-refractivity contribution is 5.87. The van der Waals surface area contributed by atoms with Gasteiger partial charge in [0.2, 0.25) is 0 Å². The molecule has 36 heavy (non-hydrogen) atoms. The van der Waals surface area contributed by atoms with E-state index in [0.717, 1.165) is 0 Å². The number of carbonyl (C=O) groups is 6. The van der Waals surface area contributed by atoms with E-state index in [1.165, 1.54) is 26.0 Å². The molecule has 0 aromatic heterocycles. The standard InChI is InChI=1S/C24H30O12/c1-13(2)21(29)33-7-9-35-23(31)16-6-5-15(11-18(16)20(27)28)17(12-19(25)26)24(32)36-10-8-34-22(30)14(3)4/h5-6,15-18H,1,3,7-12H2,2,4H3,(H,25,26)(H,27,28). The zero-order valence-electron chi connectivity index (χ0n) is 20.1. The quantitative estimate of drug-likeness (QED) is 0.113. The van der Waals surface area contributed by atoms with Crippen molar-refractivity contribution in [1.82, 2.24) is 0 Å². The summed E-state index contributed by atoms with van der Waals surface area (Å²) in [6.45, 7) is 8.54. The van der Waals surface area contributed by atoms with Crippen LogP contribution in [0.2, 0.25) is 0 Å². The van der Waals surface area contributed by atoms with Crippen molar-refractivity contribution in [1.29, 1.82) is 0 Å². The van der Waals surface area contributed by atoms with Crippen molar-refractivity contribution in [2.45, 2.75) is 26.7 Å². The Morgan fingerprint density at radius 3 is 1.81 bits per heavy atom. The summed E-state index contributed by atoms with van der Waals surface area (Å²) in [6, 6.07) is 0. The smallest absolute Gasteiger partial charge is 0.333 e. The van der Waals surface area contributed by atoms with Gasteiger partial charge < -0.3 is 29.2 Å². The Morgan fingerprint density at radius 2 is 1.33 bits per heavy atom. The Bertz CT molecular complexity index is 931. The maximum Gasteiger partial charge on any atom is 0.333 e. The van der Waals surface area contributed by atoms with Crippen molar-refractivity contribution >= 4 is 35.8 Å². The molecule has 12 heteroatoms. The first-order valence-corrected chi connectivity index (χ1v) is 11.0. The zero-order chi connectivity index (χ0) is 27.4. The maximum absolute atomic E-state index is 12.6. The molecular weight excluding hydrogens is 480 g/mol. The van der Waals surface area contributed by atoms with Crippen LogP contribution in [0.3, 0.4) is 0 Å². The molecule has 12 nitrogen and oxygen atoms in total. The molecule has 0 aliphatic heterocycles. The molecule has 1 aliphatic carbocycles. The van der Waals surface area contributed by atoms with Gasteiger partial charge in [-0.1, -0.05) is 25.3 Å². The number of hydrogen-bond donors (Lipinski definition) is 2. The third-order valence-corrected chi connectivity index (χ3v) is 5.15. The highest BCUT2D eigenvalue weighted by Gasteiger charge is 2.42. The molecule has 0 saturated heterocycles. The van der Waals surface area contributed by atoms with E-state index in [4.69, 9.17) is 18.9 Å². The van der Waals surface area contributed by atoms with Crippen molar-refractivity contribution in [3.05, 3.63) is 36.5 Å². The molecule has 0 radical (unpaired) electrons. The second kappa shape index (κ2) is 14.4. The van der Waals surface area contributed by atoms with Crippen LogP contribution in [-0.2, 0) is 47.7 Å². The minimum atomic E-state index is -1.34. The molecule has 0 aromatic rings. The van der Waals surface area contributed by atoms with E-state index in [2.05, 4.69) is 13.2 Å². The second-order valence-electron chi connectivity index (χ2n) is 8.13. The summed E-state index contributed by atoms with van der Waals surface area (Å²) < 4.78 is 19.6. The summed E-state index contributed by atoms with van der Waals surface area (Å²) in [5, 5.41) is 18.9. The molecule has 0 spiro atoms. The Morgan fingerprint density at radius 1 is 0.833 bits per heavy atom. The number of hydrogen-bond acceptors (Lipinski definition) is 10. The molecule has 0 heterocycles. The van der Waals surface area contributed by atoms with Gasteiger partial charge in [0, 0.05) is 11.1 Å². The fourth-order valence-electron chi connectivity index (χ4n) is 3.31. The number of carbonyl (C=O) groups excluding carboxylic acids is 4. The van der Waals surface area contributed by atoms with E-state index >= 15 is 0 Å². The Labute approximate surface area is 207 Å². The molecule has 0 aromatic carbocycles. The van der Waals surface area contributed by atoms with Crippen LogP contribution in [0.25, 0.3) is 0 Å². The van der Waals surface area contributed by atoms with Gasteiger partial charge in [0.25, 0.3) is 0 Å². The van der Waals surface area contributed by atoms with Gasteiger partial charge in [0.05, 0.1) is 24.2 Å². The van der Waals surface area contributed by atoms with Gasteiger partial charge in [-0.2, -0.15) is 0 Å². The predicted molar refractivity (Wildman–Crippen MR) is 121 cm³/mol. The van der Waals surface area contributed by atoms with Crippen LogP contribution in [0.5, 0.6) is 0 Å². The Kier molecular flexibility index (Phi) is 12.1. The normalized spacial score (nSPS) is 19.3. The molecule has 198 valence electrons. The monoisotopic (exact) mass is 510 g/mol. The highest BCUT2D eigenvalue weighted by Crippen LogP contribution is 2.35. The van der Waals surface area contributed by atoms with Gasteiger partial charge in [-0.05, 0) is 26.2 Å². The molecule has 2 N–H and O–H groups in total. The molecule has 1 aliphatic rings. The Balaban J connectivity index is 2.83. The number of esters is 4. The number of carboxylic acids is 2. The van der Waals surface area contributed by atoms with Crippen LogP contribution in [0.15, 0.2) is 36.5 Å². The molecular formula is C24H30O12. The van der Waals surface area contributed by atoms with Gasteiger partial charge in [0.15, 0.2) is 0 Å². The third-order valence-electron chi connectivity index (χ3n) is 5.15. The molecule has 0 amide bonds. The summed E-state index contributed by atoms with van der Waals surface area (Å²) >= 11 is 0. The van der Waals surface area contributed by atoms with Gasteiger partial charge in [-0.3, -0.25) is 19.2 Å². The van der Waals surface area contributed by atoms with Gasteiger partial charge in [-0.25, -0.2) is 9.59 Å². The van der Waals surface area contributed by atoms with E-state index in [9.17, 15) is 39.0 Å². The van der Waals surface area contributed by atoms with E-state index in [-0.39, 0.29) is 44.0 Å². The summed E-state index contributed by atoms with van der Waals surface area (Å²) in [6.07, 6.45) is 1.78. The summed E-state index contributed by atoms with van der Waals surface area (Å²) in [5.41, 5.74) is 0.314. The molecule has 0 fully saturated rings. The lowest BCUT2D eigenvalue weighted by Crippen LogP contribution is -2.38. The number of ether oxygens (including phenoxy) is 4. The maximum atomic E-state index is 12.6. The average molecular weight is 510 g/mol. The van der Waals surface area contributed by atoms with Gasteiger partial charge >= 0.3 is 35.8 Å². The molecule has 1 rings (SSSR count). The summed E-state index contributed by atoms with van der Waals surface area (Å²) in [4.78, 5) is 70.9. The van der Waals surface area contributed by atoms with E-state index < -0.39 is 65.9 Å². The van der Waals surface area contributed by atoms with Crippen molar-refractivity contribution in [2.75, 3.05) is 26.4 Å². The van der Waals surface area contributed by atoms with E-state index in [0.29, 0.717) is 0 Å². The average Bonchev–Trinajstić information content (AvgIpc) is 2.81. The van der Waals surface area contributed by atoms with Gasteiger partial charge in [0.1, 0.15) is 26.4 Å². The van der Waals surface area contributed by atoms with Crippen molar-refractivity contribution < 1.29 is 57.9 Å². The number of aliphatic carboxylic acids is 2. The van der Waals surface area contributed by atoms with Gasteiger partial charge in [-0.15, -0.1) is 0 Å². The van der Waals surface area contributed by atoms with Crippen LogP contribution >= 0.6 is 0 Å². The minimum absolute atomic E-state index is 0.151. The van der Waals surface area contributed by atoms with E-state index in [1.807, 2.05) is 0 Å². The van der Waals surface area contributed by atoms with Crippen molar-refractivity contribution in [3.8, 4) is 0 Å². The van der Waals surface area contributed by atoms with Crippen LogP contribution in [-0.4, -0.2) is 72.5 Å². The first-order chi connectivity index (χ1) is 16.8.